The van der Waals surface area contributed by atoms with Crippen molar-refractivity contribution in [2.45, 2.75) is 33.1 Å². The van der Waals surface area contributed by atoms with E-state index < -0.39 is 0 Å². The van der Waals surface area contributed by atoms with Crippen molar-refractivity contribution in [3.8, 4) is 0 Å². The first kappa shape index (κ1) is 13.8. The van der Waals surface area contributed by atoms with E-state index in [0.717, 1.165) is 44.8 Å². The van der Waals surface area contributed by atoms with Crippen LogP contribution in [0.2, 0.25) is 0 Å². The Morgan fingerprint density at radius 2 is 2.00 bits per heavy atom. The second-order valence-corrected chi connectivity index (χ2v) is 5.20. The van der Waals surface area contributed by atoms with Gasteiger partial charge in [-0.05, 0) is 25.2 Å². The van der Waals surface area contributed by atoms with Gasteiger partial charge in [0, 0.05) is 32.0 Å². The Balaban J connectivity index is 1.95. The molecule has 1 N–H and O–H groups in total. The van der Waals surface area contributed by atoms with Crippen LogP contribution in [0.25, 0.3) is 0 Å². The largest absolute Gasteiger partial charge is 0.354 e. The number of aromatic nitrogens is 2. The summed E-state index contributed by atoms with van der Waals surface area (Å²) in [7, 11) is 0. The number of rotatable bonds is 4. The van der Waals surface area contributed by atoms with Crippen LogP contribution in [-0.2, 0) is 0 Å². The van der Waals surface area contributed by atoms with E-state index in [1.165, 1.54) is 0 Å². The van der Waals surface area contributed by atoms with Crippen LogP contribution in [0.1, 0.15) is 43.5 Å². The number of carbonyl (C=O) groups excluding carboxylic acids is 1. The molecular weight excluding hydrogens is 240 g/mol. The number of likely N-dealkylation sites (tertiary alicyclic amines) is 1. The van der Waals surface area contributed by atoms with Crippen molar-refractivity contribution in [1.29, 1.82) is 0 Å². The minimum Gasteiger partial charge on any atom is -0.354 e. The Morgan fingerprint density at radius 3 is 2.58 bits per heavy atom. The highest BCUT2D eigenvalue weighted by atomic mass is 16.2. The van der Waals surface area contributed by atoms with Gasteiger partial charge in [-0.1, -0.05) is 13.8 Å². The number of nitrogens with zero attached hydrogens (tertiary/aromatic N) is 3. The lowest BCUT2D eigenvalue weighted by Crippen LogP contribution is -2.38. The lowest BCUT2D eigenvalue weighted by Gasteiger charge is -2.30. The minimum atomic E-state index is 0.0499. The van der Waals surface area contributed by atoms with Gasteiger partial charge in [0.1, 0.15) is 0 Å². The van der Waals surface area contributed by atoms with E-state index in [2.05, 4.69) is 29.1 Å². The smallest absolute Gasteiger partial charge is 0.256 e. The average Bonchev–Trinajstić information content (AvgIpc) is 2.46. The zero-order chi connectivity index (χ0) is 13.7. The molecule has 1 fully saturated rings. The number of amides is 1. The molecule has 1 saturated heterocycles. The van der Waals surface area contributed by atoms with Crippen LogP contribution >= 0.6 is 0 Å². The summed E-state index contributed by atoms with van der Waals surface area (Å²) in [5, 5.41) is 3.10. The third-order valence-corrected chi connectivity index (χ3v) is 3.50. The fourth-order valence-corrected chi connectivity index (χ4v) is 2.16. The van der Waals surface area contributed by atoms with Crippen molar-refractivity contribution in [3.05, 3.63) is 18.0 Å². The number of piperidine rings is 1. The number of hydrogen-bond acceptors (Lipinski definition) is 4. The van der Waals surface area contributed by atoms with Gasteiger partial charge in [-0.2, -0.15) is 0 Å². The summed E-state index contributed by atoms with van der Waals surface area (Å²) in [6, 6.07) is 0. The van der Waals surface area contributed by atoms with Crippen LogP contribution in [-0.4, -0.2) is 40.4 Å². The van der Waals surface area contributed by atoms with Crippen molar-refractivity contribution in [3.63, 3.8) is 0 Å². The molecule has 1 amide bonds. The van der Waals surface area contributed by atoms with Gasteiger partial charge in [0.15, 0.2) is 0 Å². The van der Waals surface area contributed by atoms with Gasteiger partial charge in [-0.3, -0.25) is 4.79 Å². The highest BCUT2D eigenvalue weighted by Gasteiger charge is 2.21. The molecule has 2 rings (SSSR count). The van der Waals surface area contributed by atoms with Crippen LogP contribution in [0.15, 0.2) is 12.4 Å². The van der Waals surface area contributed by atoms with Gasteiger partial charge >= 0.3 is 0 Å². The van der Waals surface area contributed by atoms with Crippen molar-refractivity contribution in [2.24, 2.45) is 5.92 Å². The van der Waals surface area contributed by atoms with Crippen LogP contribution in [0, 0.1) is 5.92 Å². The standard InChI is InChI=1S/C14H22N4O/c1-3-6-15-14-16-9-12(10-17-14)13(19)18-7-4-11(2)5-8-18/h9-11H,3-8H2,1-2H3,(H,15,16,17). The van der Waals surface area contributed by atoms with E-state index in [0.29, 0.717) is 11.5 Å². The summed E-state index contributed by atoms with van der Waals surface area (Å²) in [5.41, 5.74) is 0.580. The Labute approximate surface area is 114 Å². The second kappa shape index (κ2) is 6.50. The number of anilines is 1. The molecule has 0 aliphatic carbocycles. The quantitative estimate of drug-likeness (QED) is 0.903. The Kier molecular flexibility index (Phi) is 4.71. The van der Waals surface area contributed by atoms with Gasteiger partial charge in [0.25, 0.3) is 5.91 Å². The normalized spacial score (nSPS) is 16.4. The maximum Gasteiger partial charge on any atom is 0.256 e. The molecule has 0 atom stereocenters. The number of carbonyl (C=O) groups is 1. The molecule has 1 aliphatic rings. The van der Waals surface area contributed by atoms with Crippen molar-refractivity contribution in [2.75, 3.05) is 25.0 Å². The van der Waals surface area contributed by atoms with Gasteiger partial charge in [-0.25, -0.2) is 9.97 Å². The summed E-state index contributed by atoms with van der Waals surface area (Å²) in [4.78, 5) is 22.5. The third-order valence-electron chi connectivity index (χ3n) is 3.50. The average molecular weight is 262 g/mol. The molecule has 5 nitrogen and oxygen atoms in total. The molecular formula is C14H22N4O. The van der Waals surface area contributed by atoms with E-state index in [4.69, 9.17) is 0 Å². The summed E-state index contributed by atoms with van der Waals surface area (Å²) in [5.74, 6) is 1.36. The Bertz CT molecular complexity index is 410. The van der Waals surface area contributed by atoms with Crippen LogP contribution in [0.3, 0.4) is 0 Å². The summed E-state index contributed by atoms with van der Waals surface area (Å²) in [6.07, 6.45) is 6.43. The zero-order valence-corrected chi connectivity index (χ0v) is 11.7. The Morgan fingerprint density at radius 1 is 1.37 bits per heavy atom. The molecule has 5 heteroatoms. The lowest BCUT2D eigenvalue weighted by molar-refractivity contribution is 0.0696. The maximum absolute atomic E-state index is 12.3. The highest BCUT2D eigenvalue weighted by molar-refractivity contribution is 5.93. The minimum absolute atomic E-state index is 0.0499. The molecule has 1 aromatic rings. The molecule has 0 radical (unpaired) electrons. The summed E-state index contributed by atoms with van der Waals surface area (Å²) >= 11 is 0. The lowest BCUT2D eigenvalue weighted by atomic mass is 9.99. The summed E-state index contributed by atoms with van der Waals surface area (Å²) < 4.78 is 0. The van der Waals surface area contributed by atoms with E-state index in [9.17, 15) is 4.79 Å². The molecule has 0 bridgehead atoms. The molecule has 1 aromatic heterocycles. The fourth-order valence-electron chi connectivity index (χ4n) is 2.16. The molecule has 1 aliphatic heterocycles. The molecule has 19 heavy (non-hydrogen) atoms. The third kappa shape index (κ3) is 3.66. The molecule has 0 unspecified atom stereocenters. The molecule has 104 valence electrons. The first-order chi connectivity index (χ1) is 9.20. The van der Waals surface area contributed by atoms with Gasteiger partial charge in [0.05, 0.1) is 5.56 Å². The van der Waals surface area contributed by atoms with Crippen LogP contribution in [0.5, 0.6) is 0 Å². The van der Waals surface area contributed by atoms with Gasteiger partial charge < -0.3 is 10.2 Å². The molecule has 0 spiro atoms. The van der Waals surface area contributed by atoms with E-state index >= 15 is 0 Å². The highest BCUT2D eigenvalue weighted by Crippen LogP contribution is 2.17. The number of nitrogens with one attached hydrogen (secondary N) is 1. The number of hydrogen-bond donors (Lipinski definition) is 1. The maximum atomic E-state index is 12.3. The van der Waals surface area contributed by atoms with E-state index in [-0.39, 0.29) is 5.91 Å². The second-order valence-electron chi connectivity index (χ2n) is 5.20. The van der Waals surface area contributed by atoms with Crippen molar-refractivity contribution >= 4 is 11.9 Å². The molecule has 2 heterocycles. The first-order valence-electron chi connectivity index (χ1n) is 7.06. The predicted molar refractivity (Wildman–Crippen MR) is 75.1 cm³/mol. The van der Waals surface area contributed by atoms with Crippen molar-refractivity contribution in [1.82, 2.24) is 14.9 Å². The van der Waals surface area contributed by atoms with E-state index in [1.54, 1.807) is 12.4 Å². The topological polar surface area (TPSA) is 58.1 Å². The van der Waals surface area contributed by atoms with Gasteiger partial charge in [0.2, 0.25) is 5.95 Å². The van der Waals surface area contributed by atoms with Crippen LogP contribution in [0.4, 0.5) is 5.95 Å². The molecule has 0 saturated carbocycles. The van der Waals surface area contributed by atoms with E-state index in [1.807, 2.05) is 4.90 Å². The zero-order valence-electron chi connectivity index (χ0n) is 11.7. The monoisotopic (exact) mass is 262 g/mol. The first-order valence-corrected chi connectivity index (χ1v) is 7.06. The SMILES string of the molecule is CCCNc1ncc(C(=O)N2CCC(C)CC2)cn1. The van der Waals surface area contributed by atoms with Crippen LogP contribution < -0.4 is 5.32 Å². The molecule has 0 aromatic carbocycles. The Hall–Kier alpha value is -1.65. The van der Waals surface area contributed by atoms with Crippen molar-refractivity contribution < 1.29 is 4.79 Å². The fraction of sp³-hybridized carbons (Fsp3) is 0.643. The predicted octanol–water partition coefficient (Wildman–Crippen LogP) is 2.17. The van der Waals surface area contributed by atoms with Gasteiger partial charge in [-0.15, -0.1) is 0 Å². The summed E-state index contributed by atoms with van der Waals surface area (Å²) in [6.45, 7) is 6.85.